The number of hydrogen-bond donors (Lipinski definition) is 0. The van der Waals surface area contributed by atoms with Crippen molar-refractivity contribution in [1.82, 2.24) is 10.2 Å². The van der Waals surface area contributed by atoms with Crippen LogP contribution < -0.4 is 4.90 Å². The van der Waals surface area contributed by atoms with Crippen LogP contribution in [0.25, 0.3) is 0 Å². The number of anilines is 1. The molecular weight excluding hydrogens is 455 g/mol. The van der Waals surface area contributed by atoms with Gasteiger partial charge in [-0.25, -0.2) is 0 Å². The van der Waals surface area contributed by atoms with Crippen molar-refractivity contribution in [1.29, 1.82) is 0 Å². The van der Waals surface area contributed by atoms with Crippen molar-refractivity contribution in [2.24, 2.45) is 4.99 Å². The fourth-order valence-electron chi connectivity index (χ4n) is 4.43. The normalized spacial score (nSPS) is 21.7. The van der Waals surface area contributed by atoms with Crippen molar-refractivity contribution in [3.05, 3.63) is 74.9 Å². The number of nitrogens with zero attached hydrogens (tertiary/aromatic N) is 4. The summed E-state index contributed by atoms with van der Waals surface area (Å²) in [4.78, 5) is 7.14. The van der Waals surface area contributed by atoms with Crippen LogP contribution in [0.3, 0.4) is 0 Å². The van der Waals surface area contributed by atoms with E-state index in [1.54, 1.807) is 6.07 Å². The molecule has 5 nitrogen and oxygen atoms in total. The molecule has 0 bridgehead atoms. The second-order valence-electron chi connectivity index (χ2n) is 8.07. The Kier molecular flexibility index (Phi) is 5.67. The van der Waals surface area contributed by atoms with E-state index in [9.17, 15) is 0 Å². The predicted molar refractivity (Wildman–Crippen MR) is 125 cm³/mol. The Labute approximate surface area is 196 Å². The van der Waals surface area contributed by atoms with Gasteiger partial charge in [-0.3, -0.25) is 4.99 Å². The van der Waals surface area contributed by atoms with Gasteiger partial charge in [0, 0.05) is 27.2 Å². The molecule has 160 valence electrons. The molecule has 2 aromatic carbocycles. The molecule has 0 amide bonds. The summed E-state index contributed by atoms with van der Waals surface area (Å²) in [5, 5.41) is 10.5. The first-order chi connectivity index (χ1) is 15.0. The summed E-state index contributed by atoms with van der Waals surface area (Å²) in [7, 11) is 0. The second-order valence-corrected chi connectivity index (χ2v) is 9.35. The minimum atomic E-state index is -0.305. The molecule has 0 N–H and O–H groups in total. The molecule has 1 saturated carbocycles. The van der Waals surface area contributed by atoms with Crippen molar-refractivity contribution in [3.63, 3.8) is 0 Å². The number of hydrogen-bond acceptors (Lipinski definition) is 5. The van der Waals surface area contributed by atoms with Gasteiger partial charge in [0.05, 0.1) is 11.1 Å². The second kappa shape index (κ2) is 8.45. The summed E-state index contributed by atoms with van der Waals surface area (Å²) in [6.07, 6.45) is 4.63. The molecule has 1 aromatic heterocycles. The zero-order valence-electron chi connectivity index (χ0n) is 16.9. The maximum absolute atomic E-state index is 6.55. The average Bonchev–Trinajstić information content (AvgIpc) is 3.48. The summed E-state index contributed by atoms with van der Waals surface area (Å²) in [5.74, 6) is 2.36. The standard InChI is InChI=1S/C23H21Cl3N4O/c1-13-20(23-29-28-22(31-23)14-4-2-3-5-14)27-21(18-11-8-16(25)12-19(18)26)30(13)17-9-6-15(24)7-10-17/h6-14,20H,2-5H2,1H3. The quantitative estimate of drug-likeness (QED) is 0.404. The molecule has 2 unspecified atom stereocenters. The number of halogens is 3. The third-order valence-electron chi connectivity index (χ3n) is 6.04. The minimum absolute atomic E-state index is 0.0557. The van der Waals surface area contributed by atoms with Crippen molar-refractivity contribution < 1.29 is 4.42 Å². The lowest BCUT2D eigenvalue weighted by molar-refractivity contribution is 0.384. The van der Waals surface area contributed by atoms with E-state index in [4.69, 9.17) is 44.2 Å². The molecule has 2 heterocycles. The number of aliphatic imine (C=N–C) groups is 1. The number of benzene rings is 2. The van der Waals surface area contributed by atoms with Gasteiger partial charge in [0.2, 0.25) is 11.8 Å². The molecule has 2 aliphatic rings. The van der Waals surface area contributed by atoms with Gasteiger partial charge in [-0.1, -0.05) is 47.6 Å². The van der Waals surface area contributed by atoms with Crippen LogP contribution in [0.4, 0.5) is 5.69 Å². The third kappa shape index (κ3) is 3.95. The minimum Gasteiger partial charge on any atom is -0.423 e. The van der Waals surface area contributed by atoms with Crippen LogP contribution in [-0.4, -0.2) is 22.1 Å². The van der Waals surface area contributed by atoms with Crippen molar-refractivity contribution >= 4 is 46.3 Å². The van der Waals surface area contributed by atoms with Crippen molar-refractivity contribution in [2.75, 3.05) is 4.90 Å². The molecule has 3 aromatic rings. The smallest absolute Gasteiger partial charge is 0.243 e. The fourth-order valence-corrected chi connectivity index (χ4v) is 5.05. The van der Waals surface area contributed by atoms with E-state index < -0.39 is 0 Å². The van der Waals surface area contributed by atoms with Gasteiger partial charge in [-0.05, 0) is 62.2 Å². The highest BCUT2D eigenvalue weighted by Gasteiger charge is 2.39. The van der Waals surface area contributed by atoms with Gasteiger partial charge in [-0.2, -0.15) is 0 Å². The summed E-state index contributed by atoms with van der Waals surface area (Å²) in [5.41, 5.74) is 1.76. The monoisotopic (exact) mass is 474 g/mol. The van der Waals surface area contributed by atoms with Gasteiger partial charge in [0.1, 0.15) is 5.84 Å². The first kappa shape index (κ1) is 20.8. The van der Waals surface area contributed by atoms with E-state index in [2.05, 4.69) is 22.0 Å². The molecule has 31 heavy (non-hydrogen) atoms. The highest BCUT2D eigenvalue weighted by Crippen LogP contribution is 2.40. The largest absolute Gasteiger partial charge is 0.423 e. The van der Waals surface area contributed by atoms with Crippen LogP contribution in [-0.2, 0) is 0 Å². The van der Waals surface area contributed by atoms with Crippen LogP contribution in [0.1, 0.15) is 61.9 Å². The van der Waals surface area contributed by atoms with E-state index in [1.165, 1.54) is 12.8 Å². The van der Waals surface area contributed by atoms with E-state index >= 15 is 0 Å². The lowest BCUT2D eigenvalue weighted by atomic mass is 10.1. The molecule has 0 spiro atoms. The molecule has 2 atom stereocenters. The fraction of sp³-hybridized carbons (Fsp3) is 0.348. The van der Waals surface area contributed by atoms with Crippen molar-refractivity contribution in [3.8, 4) is 0 Å². The number of rotatable bonds is 4. The van der Waals surface area contributed by atoms with Gasteiger partial charge in [0.25, 0.3) is 0 Å². The Morgan fingerprint density at radius 1 is 0.903 bits per heavy atom. The summed E-state index contributed by atoms with van der Waals surface area (Å²) in [6, 6.07) is 12.7. The highest BCUT2D eigenvalue weighted by molar-refractivity contribution is 6.37. The number of amidine groups is 1. The van der Waals surface area contributed by atoms with E-state index in [-0.39, 0.29) is 12.1 Å². The molecule has 0 radical (unpaired) electrons. The molecule has 1 fully saturated rings. The molecule has 5 rings (SSSR count). The van der Waals surface area contributed by atoms with Crippen LogP contribution in [0.15, 0.2) is 51.9 Å². The Hall–Kier alpha value is -2.08. The van der Waals surface area contributed by atoms with Gasteiger partial charge in [-0.15, -0.1) is 10.2 Å². The Morgan fingerprint density at radius 3 is 2.29 bits per heavy atom. The first-order valence-electron chi connectivity index (χ1n) is 10.4. The van der Waals surface area contributed by atoms with Gasteiger partial charge < -0.3 is 9.32 Å². The van der Waals surface area contributed by atoms with E-state index in [1.807, 2.05) is 36.4 Å². The zero-order chi connectivity index (χ0) is 21.5. The highest BCUT2D eigenvalue weighted by atomic mass is 35.5. The van der Waals surface area contributed by atoms with Gasteiger partial charge in [0.15, 0.2) is 6.04 Å². The first-order valence-corrected chi connectivity index (χ1v) is 11.6. The SMILES string of the molecule is CC1C(c2nnc(C3CCCC3)o2)N=C(c2ccc(Cl)cc2Cl)N1c1ccc(Cl)cc1. The summed E-state index contributed by atoms with van der Waals surface area (Å²) < 4.78 is 6.13. The maximum Gasteiger partial charge on any atom is 0.243 e. The Balaban J connectivity index is 1.56. The van der Waals surface area contributed by atoms with Crippen LogP contribution in [0.2, 0.25) is 15.1 Å². The van der Waals surface area contributed by atoms with E-state index in [0.29, 0.717) is 26.9 Å². The topological polar surface area (TPSA) is 54.5 Å². The zero-order valence-corrected chi connectivity index (χ0v) is 19.2. The Bertz CT molecular complexity index is 1120. The molecule has 8 heteroatoms. The lowest BCUT2D eigenvalue weighted by Gasteiger charge is -2.27. The number of aromatic nitrogens is 2. The van der Waals surface area contributed by atoms with Gasteiger partial charge >= 0.3 is 0 Å². The predicted octanol–water partition coefficient (Wildman–Crippen LogP) is 7.08. The molecule has 1 aliphatic carbocycles. The summed E-state index contributed by atoms with van der Waals surface area (Å²) >= 11 is 18.8. The van der Waals surface area contributed by atoms with Crippen LogP contribution >= 0.6 is 34.8 Å². The lowest BCUT2D eigenvalue weighted by Crippen LogP contribution is -2.36. The summed E-state index contributed by atoms with van der Waals surface area (Å²) in [6.45, 7) is 2.10. The van der Waals surface area contributed by atoms with Crippen LogP contribution in [0.5, 0.6) is 0 Å². The van der Waals surface area contributed by atoms with E-state index in [0.717, 1.165) is 35.8 Å². The third-order valence-corrected chi connectivity index (χ3v) is 6.84. The average molecular weight is 476 g/mol. The molecule has 1 aliphatic heterocycles. The molecule has 0 saturated heterocycles. The molecular formula is C23H21Cl3N4O. The maximum atomic E-state index is 6.55. The Morgan fingerprint density at radius 2 is 1.58 bits per heavy atom. The van der Waals surface area contributed by atoms with Crippen molar-refractivity contribution in [2.45, 2.75) is 50.6 Å². The van der Waals surface area contributed by atoms with Crippen LogP contribution in [0, 0.1) is 0 Å².